The molecule has 1 saturated carbocycles. The number of carboxylic acids is 1. The van der Waals surface area contributed by atoms with Gasteiger partial charge in [-0.05, 0) is 70.0 Å². The monoisotopic (exact) mass is 520 g/mol. The fourth-order valence-corrected chi connectivity index (χ4v) is 8.62. The van der Waals surface area contributed by atoms with Crippen LogP contribution in [0.25, 0.3) is 11.0 Å². The molecule has 1 aromatic heterocycles. The lowest BCUT2D eigenvalue weighted by Crippen LogP contribution is -2.56. The fourth-order valence-electron chi connectivity index (χ4n) is 8.62. The number of aromatic nitrogens is 2. The Morgan fingerprint density at radius 1 is 0.789 bits per heavy atom. The number of fused-ring (bicyclic) bond motifs is 3. The topological polar surface area (TPSA) is 61.6 Å². The minimum atomic E-state index is -0.722. The van der Waals surface area contributed by atoms with Crippen molar-refractivity contribution in [3.63, 3.8) is 0 Å². The molecule has 1 unspecified atom stereocenters. The van der Waals surface area contributed by atoms with E-state index >= 15 is 0 Å². The Kier molecular flexibility index (Phi) is 8.36. The van der Waals surface area contributed by atoms with E-state index in [1.54, 1.807) is 0 Å². The Morgan fingerprint density at radius 2 is 1.45 bits per heavy atom. The maximum Gasteiger partial charge on any atom is 0.317 e. The number of likely N-dealkylation sites (tertiary alicyclic amines) is 1. The van der Waals surface area contributed by atoms with Gasteiger partial charge < -0.3 is 9.67 Å². The number of hydrogen-bond acceptors (Lipinski definition) is 4. The van der Waals surface area contributed by atoms with Crippen molar-refractivity contribution in [2.75, 3.05) is 19.6 Å². The van der Waals surface area contributed by atoms with Crippen molar-refractivity contribution in [2.45, 2.75) is 133 Å². The number of carbonyl (C=O) groups is 1. The number of hydrogen-bond donors (Lipinski definition) is 1. The third-order valence-corrected chi connectivity index (χ3v) is 10.2. The van der Waals surface area contributed by atoms with Crippen LogP contribution in [0.4, 0.5) is 0 Å². The van der Waals surface area contributed by atoms with Gasteiger partial charge in [0.05, 0.1) is 17.6 Å². The van der Waals surface area contributed by atoms with Gasteiger partial charge in [-0.25, -0.2) is 4.98 Å². The Morgan fingerprint density at radius 3 is 2.16 bits per heavy atom. The van der Waals surface area contributed by atoms with E-state index in [9.17, 15) is 9.90 Å². The van der Waals surface area contributed by atoms with E-state index < -0.39 is 5.97 Å². The minimum absolute atomic E-state index is 0.140. The molecule has 1 N–H and O–H groups in total. The number of aliphatic carboxylic acids is 1. The van der Waals surface area contributed by atoms with Crippen LogP contribution < -0.4 is 0 Å². The van der Waals surface area contributed by atoms with Gasteiger partial charge in [-0.1, -0.05) is 63.5 Å². The molecule has 0 spiro atoms. The molecule has 4 atom stereocenters. The van der Waals surface area contributed by atoms with Gasteiger partial charge in [-0.3, -0.25) is 14.6 Å². The van der Waals surface area contributed by atoms with Crippen LogP contribution >= 0.6 is 0 Å². The normalized spacial score (nSPS) is 30.8. The molecule has 6 rings (SSSR count). The molecule has 3 aliphatic heterocycles. The van der Waals surface area contributed by atoms with Crippen LogP contribution in [-0.2, 0) is 4.79 Å². The highest BCUT2D eigenvalue weighted by molar-refractivity contribution is 5.76. The van der Waals surface area contributed by atoms with Crippen molar-refractivity contribution in [1.82, 2.24) is 19.4 Å². The van der Waals surface area contributed by atoms with Gasteiger partial charge in [-0.2, -0.15) is 0 Å². The van der Waals surface area contributed by atoms with E-state index in [4.69, 9.17) is 4.98 Å². The molecule has 0 amide bonds. The average molecular weight is 521 g/mol. The predicted octanol–water partition coefficient (Wildman–Crippen LogP) is 6.75. The van der Waals surface area contributed by atoms with Crippen molar-refractivity contribution in [1.29, 1.82) is 0 Å². The summed E-state index contributed by atoms with van der Waals surface area (Å²) in [5.41, 5.74) is 2.39. The minimum Gasteiger partial charge on any atom is -0.480 e. The summed E-state index contributed by atoms with van der Waals surface area (Å²) in [5.74, 6) is 0.808. The third kappa shape index (κ3) is 5.67. The molecule has 1 aliphatic carbocycles. The van der Waals surface area contributed by atoms with E-state index in [1.807, 2.05) is 0 Å². The molecule has 208 valence electrons. The molecular formula is C32H48N4O2. The van der Waals surface area contributed by atoms with Crippen LogP contribution in [-0.4, -0.2) is 68.2 Å². The van der Waals surface area contributed by atoms with E-state index in [0.717, 1.165) is 37.5 Å². The van der Waals surface area contributed by atoms with Crippen LogP contribution in [0.2, 0.25) is 0 Å². The van der Waals surface area contributed by atoms with Gasteiger partial charge in [0.2, 0.25) is 0 Å². The maximum absolute atomic E-state index is 11.4. The van der Waals surface area contributed by atoms with Crippen LogP contribution in [0, 0.1) is 0 Å². The molecule has 4 aliphatic rings. The van der Waals surface area contributed by atoms with Crippen molar-refractivity contribution in [3.8, 4) is 0 Å². The quantitative estimate of drug-likeness (QED) is 0.472. The van der Waals surface area contributed by atoms with E-state index in [-0.39, 0.29) is 6.54 Å². The number of para-hydroxylation sites is 2. The molecule has 4 fully saturated rings. The van der Waals surface area contributed by atoms with Crippen LogP contribution in [0.1, 0.15) is 121 Å². The molecule has 0 radical (unpaired) electrons. The molecule has 6 heteroatoms. The number of carboxylic acid groups (broad SMARTS) is 1. The number of nitrogens with zero attached hydrogens (tertiary/aromatic N) is 4. The molecular weight excluding hydrogens is 472 g/mol. The third-order valence-electron chi connectivity index (χ3n) is 10.2. The Labute approximate surface area is 228 Å². The second kappa shape index (κ2) is 12.1. The zero-order valence-electron chi connectivity index (χ0n) is 23.3. The second-order valence-electron chi connectivity index (χ2n) is 12.8. The van der Waals surface area contributed by atoms with Gasteiger partial charge in [0.1, 0.15) is 5.82 Å². The van der Waals surface area contributed by atoms with Gasteiger partial charge >= 0.3 is 5.97 Å². The van der Waals surface area contributed by atoms with Gasteiger partial charge in [-0.15, -0.1) is 0 Å². The first kappa shape index (κ1) is 26.3. The summed E-state index contributed by atoms with van der Waals surface area (Å²) in [4.78, 5) is 21.9. The van der Waals surface area contributed by atoms with Crippen molar-refractivity contribution in [3.05, 3.63) is 30.1 Å². The number of benzene rings is 1. The molecule has 2 aromatic rings. The summed E-state index contributed by atoms with van der Waals surface area (Å²) in [7, 11) is 0. The first-order chi connectivity index (χ1) is 18.7. The first-order valence-electron chi connectivity index (χ1n) is 15.9. The second-order valence-corrected chi connectivity index (χ2v) is 12.8. The summed E-state index contributed by atoms with van der Waals surface area (Å²) in [5, 5.41) is 9.41. The standard InChI is InChI=1S/C32H48N4O2/c37-31(38)23-34-19-11-12-24(22-34)32-33-29-17-8-9-18-30(29)36(32)28-20-26-15-10-16-27(21-28)35(26)25-13-6-4-2-1-3-5-7-14-25/h8-9,17-18,24-28H,1-7,10-16,19-23H2,(H,37,38)/t24-,26-,27+,28?/m0/s1. The van der Waals surface area contributed by atoms with Crippen LogP contribution in [0.5, 0.6) is 0 Å². The summed E-state index contributed by atoms with van der Waals surface area (Å²) >= 11 is 0. The molecule has 4 heterocycles. The van der Waals surface area contributed by atoms with Crippen molar-refractivity contribution < 1.29 is 9.90 Å². The highest BCUT2D eigenvalue weighted by Gasteiger charge is 2.43. The van der Waals surface area contributed by atoms with E-state index in [1.165, 1.54) is 101 Å². The molecule has 1 aromatic carbocycles. The maximum atomic E-state index is 11.4. The van der Waals surface area contributed by atoms with Crippen molar-refractivity contribution in [2.24, 2.45) is 0 Å². The average Bonchev–Trinajstić information content (AvgIpc) is 3.30. The lowest BCUT2D eigenvalue weighted by atomic mass is 9.79. The zero-order chi connectivity index (χ0) is 25.9. The smallest absolute Gasteiger partial charge is 0.317 e. The molecule has 6 nitrogen and oxygen atoms in total. The van der Waals surface area contributed by atoms with Crippen LogP contribution in [0.3, 0.4) is 0 Å². The molecule has 2 bridgehead atoms. The SMILES string of the molecule is O=C(O)CN1CCC[C@H](c2nc3ccccc3n2C2C[C@H]3CCC[C@@H](C2)N3C2CCCCCCCCC2)C1. The molecule has 38 heavy (non-hydrogen) atoms. The van der Waals surface area contributed by atoms with Gasteiger partial charge in [0.15, 0.2) is 0 Å². The van der Waals surface area contributed by atoms with Gasteiger partial charge in [0.25, 0.3) is 0 Å². The van der Waals surface area contributed by atoms with E-state index in [2.05, 4.69) is 38.6 Å². The number of imidazole rings is 1. The number of rotatable bonds is 5. The Bertz CT molecular complexity index is 1060. The summed E-state index contributed by atoms with van der Waals surface area (Å²) in [6.45, 7) is 1.83. The van der Waals surface area contributed by atoms with Gasteiger partial charge in [0, 0.05) is 36.6 Å². The summed E-state index contributed by atoms with van der Waals surface area (Å²) in [6.07, 6.45) is 21.5. The largest absolute Gasteiger partial charge is 0.480 e. The Hall–Kier alpha value is -1.92. The lowest BCUT2D eigenvalue weighted by molar-refractivity contribution is -0.138. The van der Waals surface area contributed by atoms with Crippen LogP contribution in [0.15, 0.2) is 24.3 Å². The summed E-state index contributed by atoms with van der Waals surface area (Å²) in [6, 6.07) is 11.4. The lowest BCUT2D eigenvalue weighted by Gasteiger charge is -2.53. The zero-order valence-corrected chi connectivity index (χ0v) is 23.3. The highest BCUT2D eigenvalue weighted by atomic mass is 16.4. The fraction of sp³-hybridized carbons (Fsp3) is 0.750. The Balaban J connectivity index is 1.27. The van der Waals surface area contributed by atoms with Crippen molar-refractivity contribution >= 4 is 17.0 Å². The predicted molar refractivity (Wildman–Crippen MR) is 153 cm³/mol. The summed E-state index contributed by atoms with van der Waals surface area (Å²) < 4.78 is 2.64. The number of piperidine rings is 3. The first-order valence-corrected chi connectivity index (χ1v) is 15.9. The highest BCUT2D eigenvalue weighted by Crippen LogP contribution is 2.44. The van der Waals surface area contributed by atoms with E-state index in [0.29, 0.717) is 24.0 Å². The molecule has 3 saturated heterocycles.